The molecule has 4 N–H and O–H groups in total. The van der Waals surface area contributed by atoms with Gasteiger partial charge >= 0.3 is 6.01 Å². The summed E-state index contributed by atoms with van der Waals surface area (Å²) in [5.41, 5.74) is 3.70. The Labute approximate surface area is 192 Å². The Balaban J connectivity index is 1.82. The van der Waals surface area contributed by atoms with Gasteiger partial charge in [-0.25, -0.2) is 10.8 Å². The fraction of sp³-hybridized carbons (Fsp3) is 0.318. The van der Waals surface area contributed by atoms with Gasteiger partial charge in [0.15, 0.2) is 5.82 Å². The van der Waals surface area contributed by atoms with Crippen molar-refractivity contribution in [2.45, 2.75) is 13.3 Å². The molecule has 0 atom stereocenters. The Bertz CT molecular complexity index is 1040. The highest BCUT2D eigenvalue weighted by atomic mass is 16.5. The van der Waals surface area contributed by atoms with Crippen molar-refractivity contribution in [1.82, 2.24) is 24.8 Å². The lowest BCUT2D eigenvalue weighted by atomic mass is 10.2. The predicted molar refractivity (Wildman–Crippen MR) is 125 cm³/mol. The SMILES string of the molecule is CCCOCCNc1nc(Oc2ccc(C(=O)N(C)C)cc2)nc(-c2ccc(NN)nc2)n1. The van der Waals surface area contributed by atoms with Crippen molar-refractivity contribution < 1.29 is 14.3 Å². The lowest BCUT2D eigenvalue weighted by Gasteiger charge is -2.12. The van der Waals surface area contributed by atoms with Crippen LogP contribution in [-0.4, -0.2) is 64.6 Å². The molecule has 1 aromatic carbocycles. The normalized spacial score (nSPS) is 10.5. The van der Waals surface area contributed by atoms with E-state index in [1.807, 2.05) is 0 Å². The van der Waals surface area contributed by atoms with Crippen LogP contribution >= 0.6 is 0 Å². The van der Waals surface area contributed by atoms with Gasteiger partial charge in [0.1, 0.15) is 11.6 Å². The third kappa shape index (κ3) is 6.82. The summed E-state index contributed by atoms with van der Waals surface area (Å²) in [4.78, 5) is 31.0. The third-order valence-corrected chi connectivity index (χ3v) is 4.38. The van der Waals surface area contributed by atoms with Crippen molar-refractivity contribution in [3.05, 3.63) is 48.2 Å². The summed E-state index contributed by atoms with van der Waals surface area (Å²) < 4.78 is 11.3. The Kier molecular flexibility index (Phi) is 8.44. The van der Waals surface area contributed by atoms with Crippen molar-refractivity contribution in [2.24, 2.45) is 5.84 Å². The molecule has 174 valence electrons. The molecule has 11 nitrogen and oxygen atoms in total. The third-order valence-electron chi connectivity index (χ3n) is 4.38. The lowest BCUT2D eigenvalue weighted by molar-refractivity contribution is 0.0827. The Morgan fingerprint density at radius 2 is 1.85 bits per heavy atom. The second-order valence-electron chi connectivity index (χ2n) is 7.21. The number of nitrogens with one attached hydrogen (secondary N) is 2. The van der Waals surface area contributed by atoms with Gasteiger partial charge in [0.2, 0.25) is 5.95 Å². The van der Waals surface area contributed by atoms with Crippen molar-refractivity contribution in [1.29, 1.82) is 0 Å². The number of pyridine rings is 1. The monoisotopic (exact) mass is 452 g/mol. The van der Waals surface area contributed by atoms with Crippen molar-refractivity contribution in [2.75, 3.05) is 44.6 Å². The molecule has 0 aliphatic heterocycles. The highest BCUT2D eigenvalue weighted by molar-refractivity contribution is 5.93. The number of carbonyl (C=O) groups excluding carboxylic acids is 1. The first-order chi connectivity index (χ1) is 16.0. The van der Waals surface area contributed by atoms with Crippen molar-refractivity contribution in [3.8, 4) is 23.1 Å². The first kappa shape index (κ1) is 23.8. The standard InChI is InChI=1S/C22H28N8O3/c1-4-12-32-13-11-24-21-26-19(16-7-10-18(29-23)25-14-16)27-22(28-21)33-17-8-5-15(6-9-17)20(31)30(2)3/h5-10,14H,4,11-13,23H2,1-3H3,(H,25,29)(H,24,26,27,28). The van der Waals surface area contributed by atoms with Gasteiger partial charge in [-0.15, -0.1) is 0 Å². The van der Waals surface area contributed by atoms with Crippen LogP contribution in [0.1, 0.15) is 23.7 Å². The van der Waals surface area contributed by atoms with Gasteiger partial charge in [-0.1, -0.05) is 6.92 Å². The number of anilines is 2. The lowest BCUT2D eigenvalue weighted by Crippen LogP contribution is -2.21. The molecule has 2 heterocycles. The molecule has 0 saturated heterocycles. The summed E-state index contributed by atoms with van der Waals surface area (Å²) in [6.07, 6.45) is 2.55. The molecule has 1 amide bonds. The molecule has 0 aliphatic carbocycles. The summed E-state index contributed by atoms with van der Waals surface area (Å²) in [6.45, 7) is 3.79. The van der Waals surface area contributed by atoms with Crippen LogP contribution in [0.4, 0.5) is 11.8 Å². The maximum absolute atomic E-state index is 12.1. The van der Waals surface area contributed by atoms with Gasteiger partial charge in [-0.3, -0.25) is 4.79 Å². The van der Waals surface area contributed by atoms with Crippen LogP contribution < -0.4 is 21.3 Å². The summed E-state index contributed by atoms with van der Waals surface area (Å²) in [7, 11) is 3.40. The van der Waals surface area contributed by atoms with E-state index in [0.717, 1.165) is 6.42 Å². The van der Waals surface area contributed by atoms with Crippen LogP contribution in [0.25, 0.3) is 11.4 Å². The molecule has 0 fully saturated rings. The Hall–Kier alpha value is -3.83. The highest BCUT2D eigenvalue weighted by Crippen LogP contribution is 2.23. The van der Waals surface area contributed by atoms with E-state index in [9.17, 15) is 4.79 Å². The number of aromatic nitrogens is 4. The van der Waals surface area contributed by atoms with Gasteiger partial charge < -0.3 is 25.1 Å². The van der Waals surface area contributed by atoms with E-state index < -0.39 is 0 Å². The minimum atomic E-state index is -0.0938. The first-order valence-corrected chi connectivity index (χ1v) is 10.5. The molecule has 0 unspecified atom stereocenters. The molecule has 3 aromatic rings. The maximum atomic E-state index is 12.1. The molecule has 3 rings (SSSR count). The van der Waals surface area contributed by atoms with E-state index in [-0.39, 0.29) is 11.9 Å². The van der Waals surface area contributed by atoms with Gasteiger partial charge in [-0.05, 0) is 42.8 Å². The van der Waals surface area contributed by atoms with Crippen LogP contribution in [0.3, 0.4) is 0 Å². The molecule has 11 heteroatoms. The summed E-state index contributed by atoms with van der Waals surface area (Å²) in [5.74, 6) is 7.02. The van der Waals surface area contributed by atoms with E-state index in [2.05, 4.69) is 37.6 Å². The quantitative estimate of drug-likeness (QED) is 0.226. The van der Waals surface area contributed by atoms with E-state index >= 15 is 0 Å². The minimum absolute atomic E-state index is 0.0938. The van der Waals surface area contributed by atoms with Crippen LogP contribution in [0.2, 0.25) is 0 Å². The van der Waals surface area contributed by atoms with Crippen molar-refractivity contribution in [3.63, 3.8) is 0 Å². The Morgan fingerprint density at radius 3 is 2.48 bits per heavy atom. The molecule has 0 spiro atoms. The number of ether oxygens (including phenoxy) is 2. The zero-order chi connectivity index (χ0) is 23.6. The number of hydrogen-bond donors (Lipinski definition) is 3. The summed E-state index contributed by atoms with van der Waals surface area (Å²) >= 11 is 0. The molecule has 0 aliphatic rings. The average Bonchev–Trinajstić information content (AvgIpc) is 2.84. The fourth-order valence-electron chi connectivity index (χ4n) is 2.73. The number of benzene rings is 1. The van der Waals surface area contributed by atoms with E-state index in [1.165, 1.54) is 4.90 Å². The van der Waals surface area contributed by atoms with Crippen LogP contribution in [0, 0.1) is 0 Å². The number of carbonyl (C=O) groups is 1. The van der Waals surface area contributed by atoms with Gasteiger partial charge in [0, 0.05) is 44.6 Å². The van der Waals surface area contributed by atoms with E-state index in [1.54, 1.807) is 56.7 Å². The average molecular weight is 453 g/mol. The Morgan fingerprint density at radius 1 is 1.06 bits per heavy atom. The molecule has 0 saturated carbocycles. The number of hydrogen-bond acceptors (Lipinski definition) is 10. The number of rotatable bonds is 11. The zero-order valence-electron chi connectivity index (χ0n) is 18.9. The van der Waals surface area contributed by atoms with E-state index in [0.29, 0.717) is 54.2 Å². The number of amides is 1. The fourth-order valence-corrected chi connectivity index (χ4v) is 2.73. The maximum Gasteiger partial charge on any atom is 0.327 e. The second-order valence-corrected chi connectivity index (χ2v) is 7.21. The molecule has 0 radical (unpaired) electrons. The highest BCUT2D eigenvalue weighted by Gasteiger charge is 2.12. The molecule has 33 heavy (non-hydrogen) atoms. The molecular formula is C22H28N8O3. The molecule has 2 aromatic heterocycles. The molecular weight excluding hydrogens is 424 g/mol. The number of nitrogens with zero attached hydrogens (tertiary/aromatic N) is 5. The zero-order valence-corrected chi connectivity index (χ0v) is 18.9. The van der Waals surface area contributed by atoms with Gasteiger partial charge in [0.25, 0.3) is 5.91 Å². The summed E-state index contributed by atoms with van der Waals surface area (Å²) in [6, 6.07) is 10.4. The van der Waals surface area contributed by atoms with Crippen LogP contribution in [0.15, 0.2) is 42.6 Å². The number of hydrazine groups is 1. The molecule has 0 bridgehead atoms. The smallest absolute Gasteiger partial charge is 0.327 e. The summed E-state index contributed by atoms with van der Waals surface area (Å²) in [5, 5.41) is 3.13. The van der Waals surface area contributed by atoms with Gasteiger partial charge in [0.05, 0.1) is 6.61 Å². The second kappa shape index (κ2) is 11.7. The largest absolute Gasteiger partial charge is 0.424 e. The van der Waals surface area contributed by atoms with Gasteiger partial charge in [-0.2, -0.15) is 15.0 Å². The van der Waals surface area contributed by atoms with Crippen LogP contribution in [0.5, 0.6) is 11.8 Å². The van der Waals surface area contributed by atoms with Crippen LogP contribution in [-0.2, 0) is 4.74 Å². The number of nitrogens with two attached hydrogens (primary N) is 1. The van der Waals surface area contributed by atoms with E-state index in [4.69, 9.17) is 15.3 Å². The first-order valence-electron chi connectivity index (χ1n) is 10.5. The number of nitrogen functional groups attached to an aromatic ring is 1. The topological polar surface area (TPSA) is 140 Å². The van der Waals surface area contributed by atoms with Crippen molar-refractivity contribution >= 4 is 17.7 Å². The predicted octanol–water partition coefficient (Wildman–Crippen LogP) is 2.55. The minimum Gasteiger partial charge on any atom is -0.424 e.